The van der Waals surface area contributed by atoms with E-state index in [1.165, 1.54) is 44.9 Å². The number of imidazole rings is 2. The molecule has 252 valence electrons. The lowest BCUT2D eigenvalue weighted by Gasteiger charge is -2.14. The smallest absolute Gasteiger partial charge is 0.292 e. The monoisotopic (exact) mass is 640 g/mol. The van der Waals surface area contributed by atoms with Crippen LogP contribution in [0.2, 0.25) is 0 Å². The van der Waals surface area contributed by atoms with Crippen molar-refractivity contribution in [2.45, 2.75) is 104 Å². The lowest BCUT2D eigenvalue weighted by Crippen LogP contribution is -2.40. The minimum atomic E-state index is -0.294. The lowest BCUT2D eigenvalue weighted by atomic mass is 10.1. The van der Waals surface area contributed by atoms with Crippen LogP contribution >= 0.6 is 0 Å². The maximum absolute atomic E-state index is 13.3. The van der Waals surface area contributed by atoms with Crippen molar-refractivity contribution in [3.63, 3.8) is 0 Å². The van der Waals surface area contributed by atoms with Gasteiger partial charge in [-0.05, 0) is 69.0 Å². The molecule has 2 aromatic carbocycles. The van der Waals surface area contributed by atoms with Gasteiger partial charge in [-0.25, -0.2) is 18.3 Å². The van der Waals surface area contributed by atoms with Crippen molar-refractivity contribution in [2.75, 3.05) is 0 Å². The highest BCUT2D eigenvalue weighted by Gasteiger charge is 2.20. The first kappa shape index (κ1) is 35.5. The van der Waals surface area contributed by atoms with E-state index in [0.717, 1.165) is 32.2 Å². The van der Waals surface area contributed by atoms with E-state index < -0.39 is 0 Å². The SMILES string of the molecule is CCCCCCCCn1cc[n+](C)c1C([O-])=Nc1ccc(Oc2cccc(N=C([O-])c3n(C(C)CCCCCC)cc[n+]3C)c2)cc1. The Morgan fingerprint density at radius 1 is 0.723 bits per heavy atom. The molecule has 1 unspecified atom stereocenters. The predicted molar refractivity (Wildman–Crippen MR) is 183 cm³/mol. The van der Waals surface area contributed by atoms with Crippen molar-refractivity contribution in [3.05, 3.63) is 85.0 Å². The summed E-state index contributed by atoms with van der Waals surface area (Å²) in [6, 6.07) is 14.5. The van der Waals surface area contributed by atoms with E-state index in [1.54, 1.807) is 36.4 Å². The van der Waals surface area contributed by atoms with Crippen LogP contribution in [0.4, 0.5) is 11.4 Å². The molecule has 0 spiro atoms. The van der Waals surface area contributed by atoms with Gasteiger partial charge in [0.25, 0.3) is 11.6 Å². The van der Waals surface area contributed by atoms with Crippen LogP contribution < -0.4 is 24.1 Å². The number of aromatic nitrogens is 4. The van der Waals surface area contributed by atoms with Crippen molar-refractivity contribution in [2.24, 2.45) is 24.1 Å². The van der Waals surface area contributed by atoms with Crippen LogP contribution in [0, 0.1) is 0 Å². The van der Waals surface area contributed by atoms with Gasteiger partial charge in [0.1, 0.15) is 36.3 Å². The first-order valence-electron chi connectivity index (χ1n) is 17.3. The molecule has 0 radical (unpaired) electrons. The zero-order valence-corrected chi connectivity index (χ0v) is 28.9. The number of hydrogen-bond acceptors (Lipinski definition) is 5. The Labute approximate surface area is 280 Å². The van der Waals surface area contributed by atoms with Crippen molar-refractivity contribution in [1.29, 1.82) is 0 Å². The van der Waals surface area contributed by atoms with Gasteiger partial charge in [0.05, 0.1) is 49.9 Å². The van der Waals surface area contributed by atoms with Crippen LogP contribution in [0.3, 0.4) is 0 Å². The van der Waals surface area contributed by atoms with E-state index in [4.69, 9.17) is 4.74 Å². The Kier molecular flexibility index (Phi) is 13.6. The summed E-state index contributed by atoms with van der Waals surface area (Å²) < 4.78 is 13.8. The molecule has 0 aliphatic rings. The third-order valence-electron chi connectivity index (χ3n) is 8.54. The summed E-state index contributed by atoms with van der Waals surface area (Å²) in [5.74, 6) is 1.70. The molecule has 0 bridgehead atoms. The molecule has 4 rings (SSSR count). The van der Waals surface area contributed by atoms with E-state index in [-0.39, 0.29) is 17.8 Å². The summed E-state index contributed by atoms with van der Waals surface area (Å²) in [5.41, 5.74) is 1.07. The van der Waals surface area contributed by atoms with Crippen LogP contribution in [0.15, 0.2) is 83.3 Å². The highest BCUT2D eigenvalue weighted by Crippen LogP contribution is 2.28. The van der Waals surface area contributed by atoms with Crippen LogP contribution in [-0.4, -0.2) is 20.9 Å². The van der Waals surface area contributed by atoms with Gasteiger partial charge < -0.3 is 14.9 Å². The van der Waals surface area contributed by atoms with Crippen molar-refractivity contribution in [3.8, 4) is 11.5 Å². The number of unbranched alkanes of at least 4 members (excludes halogenated alkanes) is 8. The molecule has 1 atom stereocenters. The standard InChI is InChI=1S/C38H52N6O3/c1-6-8-10-12-13-15-24-43-27-25-41(4)37(43)35(45)39-31-20-22-33(23-21-31)47-34-19-16-18-32(29-34)40-36(46)38-42(5)26-28-44(38)30(3)17-14-11-9-7-2/h16,18-23,25-30H,6-15,17,24H2,1-5H3. The average Bonchev–Trinajstić information content (AvgIpc) is 3.64. The molecule has 0 saturated heterocycles. The van der Waals surface area contributed by atoms with Gasteiger partial charge in [-0.15, -0.1) is 0 Å². The molecule has 0 N–H and O–H groups in total. The van der Waals surface area contributed by atoms with Gasteiger partial charge in [-0.3, -0.25) is 9.98 Å². The zero-order chi connectivity index (χ0) is 33.6. The Bertz CT molecular complexity index is 1600. The predicted octanol–water partition coefficient (Wildman–Crippen LogP) is 6.50. The van der Waals surface area contributed by atoms with Crippen LogP contribution in [-0.2, 0) is 20.6 Å². The van der Waals surface area contributed by atoms with E-state index in [9.17, 15) is 10.2 Å². The van der Waals surface area contributed by atoms with E-state index >= 15 is 0 Å². The highest BCUT2D eigenvalue weighted by molar-refractivity contribution is 5.88. The van der Waals surface area contributed by atoms with Gasteiger partial charge in [0.15, 0.2) is 0 Å². The summed E-state index contributed by atoms with van der Waals surface area (Å²) in [6.07, 6.45) is 20.7. The average molecular weight is 641 g/mol. The van der Waals surface area contributed by atoms with E-state index in [1.807, 2.05) is 69.3 Å². The molecule has 4 aromatic rings. The van der Waals surface area contributed by atoms with Gasteiger partial charge in [-0.1, -0.05) is 64.9 Å². The van der Waals surface area contributed by atoms with Crippen molar-refractivity contribution in [1.82, 2.24) is 9.13 Å². The number of benzene rings is 2. The Morgan fingerprint density at radius 2 is 1.34 bits per heavy atom. The van der Waals surface area contributed by atoms with E-state index in [2.05, 4.69) is 30.8 Å². The fourth-order valence-electron chi connectivity index (χ4n) is 5.83. The number of nitrogens with zero attached hydrogens (tertiary/aromatic N) is 6. The number of hydrogen-bond donors (Lipinski definition) is 0. The molecule has 0 aliphatic heterocycles. The molecule has 0 fully saturated rings. The molecular weight excluding hydrogens is 588 g/mol. The lowest BCUT2D eigenvalue weighted by molar-refractivity contribution is -0.674. The maximum atomic E-state index is 13.3. The van der Waals surface area contributed by atoms with Crippen molar-refractivity contribution < 1.29 is 24.1 Å². The summed E-state index contributed by atoms with van der Waals surface area (Å²) in [4.78, 5) is 8.79. The number of rotatable bonds is 19. The minimum absolute atomic E-state index is 0.209. The van der Waals surface area contributed by atoms with Crippen LogP contribution in [0.5, 0.6) is 11.5 Å². The summed E-state index contributed by atoms with van der Waals surface area (Å²) >= 11 is 0. The molecule has 0 amide bonds. The minimum Gasteiger partial charge on any atom is -0.853 e. The van der Waals surface area contributed by atoms with Crippen molar-refractivity contribution >= 4 is 23.2 Å². The number of ether oxygens (including phenoxy) is 1. The molecule has 47 heavy (non-hydrogen) atoms. The molecular formula is C38H52N6O3. The quantitative estimate of drug-likeness (QED) is 0.0507. The topological polar surface area (TPSA) is 97.7 Å². The summed E-state index contributed by atoms with van der Waals surface area (Å²) in [7, 11) is 3.75. The third-order valence-corrected chi connectivity index (χ3v) is 8.54. The van der Waals surface area contributed by atoms with Gasteiger partial charge in [-0.2, -0.15) is 0 Å². The summed E-state index contributed by atoms with van der Waals surface area (Å²) in [6.45, 7) is 7.39. The van der Waals surface area contributed by atoms with Gasteiger partial charge in [0.2, 0.25) is 0 Å². The second-order valence-corrected chi connectivity index (χ2v) is 12.5. The maximum Gasteiger partial charge on any atom is 0.292 e. The van der Waals surface area contributed by atoms with Gasteiger partial charge in [0, 0.05) is 6.07 Å². The second kappa shape index (κ2) is 18.1. The normalized spacial score (nSPS) is 12.9. The van der Waals surface area contributed by atoms with Gasteiger partial charge >= 0.3 is 0 Å². The molecule has 2 aromatic heterocycles. The zero-order valence-electron chi connectivity index (χ0n) is 28.9. The molecule has 0 saturated carbocycles. The number of aliphatic imine (C=N–C) groups is 2. The largest absolute Gasteiger partial charge is 0.853 e. The molecule has 2 heterocycles. The first-order valence-corrected chi connectivity index (χ1v) is 17.3. The summed E-state index contributed by atoms with van der Waals surface area (Å²) in [5, 5.41) is 26.5. The Hall–Kier alpha value is -4.40. The van der Waals surface area contributed by atoms with E-state index in [0.29, 0.717) is 34.5 Å². The molecule has 9 nitrogen and oxygen atoms in total. The first-order chi connectivity index (χ1) is 22.8. The van der Waals surface area contributed by atoms with Crippen LogP contribution in [0.25, 0.3) is 0 Å². The van der Waals surface area contributed by atoms with Crippen LogP contribution in [0.1, 0.15) is 109 Å². The third kappa shape index (κ3) is 10.3. The second-order valence-electron chi connectivity index (χ2n) is 12.5. The molecule has 0 aliphatic carbocycles. The highest BCUT2D eigenvalue weighted by atomic mass is 16.5. The Morgan fingerprint density at radius 3 is 2.09 bits per heavy atom. The Balaban J connectivity index is 1.40. The number of aryl methyl sites for hydroxylation is 3. The molecule has 9 heteroatoms. The fraction of sp³-hybridized carbons (Fsp3) is 0.474. The fourth-order valence-corrected chi connectivity index (χ4v) is 5.83.